The molecular weight excluding hydrogens is 720 g/mol. The zero-order chi connectivity index (χ0) is 28.6. The summed E-state index contributed by atoms with van der Waals surface area (Å²) in [6.45, 7) is 4.45. The molecule has 8 rings (SSSR count). The summed E-state index contributed by atoms with van der Waals surface area (Å²) in [6.07, 6.45) is 0. The first-order valence-corrected chi connectivity index (χ1v) is 14.5. The second-order valence-electron chi connectivity index (χ2n) is 10.6. The molecule has 0 bridgehead atoms. The standard InChI is InChI=1S/C39H28N4.Pt/c1-5-17-31(18-6-1)39(32-19-7-2-8-20-32,42-29-40(33-21-9-3-10-22-33)35-25-13-15-27-37(35)42)43-30-41(34-23-11-4-12-24-34)36-26-14-16-28-38(36)43;/h1-21,23,25-30H;/q-4;+4. The Balaban J connectivity index is 0.00000312. The third-order valence-electron chi connectivity index (χ3n) is 8.22. The topological polar surface area (TPSA) is 13.0 Å². The largest absolute Gasteiger partial charge is 4.00 e. The molecule has 0 fully saturated rings. The van der Waals surface area contributed by atoms with Crippen molar-refractivity contribution in [2.24, 2.45) is 0 Å². The molecule has 5 heteroatoms. The number of hydrogen-bond donors (Lipinski definition) is 0. The Morgan fingerprint density at radius 2 is 0.773 bits per heavy atom. The first kappa shape index (κ1) is 28.0. The van der Waals surface area contributed by atoms with Crippen LogP contribution in [-0.2, 0) is 26.7 Å². The van der Waals surface area contributed by atoms with Crippen LogP contribution in [0, 0.1) is 25.5 Å². The van der Waals surface area contributed by atoms with Crippen molar-refractivity contribution in [3.8, 4) is 0 Å². The van der Waals surface area contributed by atoms with Crippen LogP contribution in [0.15, 0.2) is 158 Å². The van der Waals surface area contributed by atoms with Crippen LogP contribution < -0.4 is 19.6 Å². The van der Waals surface area contributed by atoms with E-state index in [9.17, 15) is 0 Å². The predicted octanol–water partition coefficient (Wildman–Crippen LogP) is 9.04. The van der Waals surface area contributed by atoms with E-state index in [1.54, 1.807) is 0 Å². The Labute approximate surface area is 273 Å². The van der Waals surface area contributed by atoms with Gasteiger partial charge in [-0.2, -0.15) is 60.7 Å². The van der Waals surface area contributed by atoms with Gasteiger partial charge >= 0.3 is 21.1 Å². The number of anilines is 6. The summed E-state index contributed by atoms with van der Waals surface area (Å²) in [5.74, 6) is 0. The van der Waals surface area contributed by atoms with E-state index in [2.05, 4.69) is 179 Å². The zero-order valence-corrected chi connectivity index (χ0v) is 26.0. The normalized spacial score (nSPS) is 13.8. The van der Waals surface area contributed by atoms with Gasteiger partial charge in [0.1, 0.15) is 5.66 Å². The van der Waals surface area contributed by atoms with Gasteiger partial charge in [0.15, 0.2) is 0 Å². The molecule has 2 aliphatic rings. The van der Waals surface area contributed by atoms with Crippen LogP contribution in [0.4, 0.5) is 34.1 Å². The van der Waals surface area contributed by atoms with Gasteiger partial charge in [0.2, 0.25) is 0 Å². The van der Waals surface area contributed by atoms with Crippen LogP contribution in [0.3, 0.4) is 0 Å². The van der Waals surface area contributed by atoms with Crippen molar-refractivity contribution in [1.29, 1.82) is 0 Å². The molecule has 0 spiro atoms. The average molecular weight is 748 g/mol. The second-order valence-corrected chi connectivity index (χ2v) is 10.6. The molecule has 0 aromatic heterocycles. The second kappa shape index (κ2) is 11.7. The zero-order valence-electron chi connectivity index (χ0n) is 23.8. The first-order valence-electron chi connectivity index (χ1n) is 14.5. The van der Waals surface area contributed by atoms with Gasteiger partial charge in [-0.25, -0.2) is 0 Å². The van der Waals surface area contributed by atoms with Crippen molar-refractivity contribution in [3.63, 3.8) is 0 Å². The van der Waals surface area contributed by atoms with E-state index in [-0.39, 0.29) is 21.1 Å². The van der Waals surface area contributed by atoms with Crippen molar-refractivity contribution in [2.45, 2.75) is 5.66 Å². The minimum Gasteiger partial charge on any atom is -0.494 e. The van der Waals surface area contributed by atoms with Crippen LogP contribution in [0.25, 0.3) is 0 Å². The van der Waals surface area contributed by atoms with Gasteiger partial charge in [-0.05, 0) is 35.4 Å². The van der Waals surface area contributed by atoms with E-state index in [0.29, 0.717) is 0 Å². The van der Waals surface area contributed by atoms with Gasteiger partial charge in [0.05, 0.1) is 0 Å². The molecule has 44 heavy (non-hydrogen) atoms. The Morgan fingerprint density at radius 1 is 0.409 bits per heavy atom. The maximum atomic E-state index is 3.45. The van der Waals surface area contributed by atoms with E-state index in [1.807, 2.05) is 24.3 Å². The summed E-state index contributed by atoms with van der Waals surface area (Å²) in [6, 6.07) is 62.0. The molecule has 0 aliphatic carbocycles. The SMILES string of the molecule is [Pt+4].[c-]1ccccc1N1[CH-]N(C(c2ccccc2)(c2ccccc2)N2[CH-]N(c3[c-]cccc3)c3ccccc32)c2ccccc21. The monoisotopic (exact) mass is 747 g/mol. The molecule has 6 aromatic rings. The molecule has 4 nitrogen and oxygen atoms in total. The van der Waals surface area contributed by atoms with Crippen LogP contribution in [0.2, 0.25) is 0 Å². The quantitative estimate of drug-likeness (QED) is 0.158. The van der Waals surface area contributed by atoms with Crippen molar-refractivity contribution in [3.05, 3.63) is 194 Å². The number of nitrogens with zero attached hydrogens (tertiary/aromatic N) is 4. The van der Waals surface area contributed by atoms with Crippen molar-refractivity contribution in [2.75, 3.05) is 19.6 Å². The Hall–Kier alpha value is -4.79. The number of hydrogen-bond acceptors (Lipinski definition) is 4. The number of fused-ring (bicyclic) bond motifs is 2. The van der Waals surface area contributed by atoms with Crippen LogP contribution in [-0.4, -0.2) is 0 Å². The molecule has 0 atom stereocenters. The summed E-state index contributed by atoms with van der Waals surface area (Å²) in [4.78, 5) is 9.31. The number of para-hydroxylation sites is 6. The minimum atomic E-state index is -0.804. The molecule has 6 aromatic carbocycles. The van der Waals surface area contributed by atoms with E-state index in [1.165, 1.54) is 0 Å². The third kappa shape index (κ3) is 4.41. The summed E-state index contributed by atoms with van der Waals surface area (Å²) in [7, 11) is 0. The fourth-order valence-electron chi connectivity index (χ4n) is 6.37. The Morgan fingerprint density at radius 3 is 1.16 bits per heavy atom. The van der Waals surface area contributed by atoms with E-state index in [0.717, 1.165) is 45.3 Å². The van der Waals surface area contributed by atoms with Crippen molar-refractivity contribution >= 4 is 34.1 Å². The fraction of sp³-hybridized carbons (Fsp3) is 0.0256. The van der Waals surface area contributed by atoms with Gasteiger partial charge in [0.25, 0.3) is 0 Å². The van der Waals surface area contributed by atoms with Crippen molar-refractivity contribution in [1.82, 2.24) is 0 Å². The molecule has 2 aliphatic heterocycles. The molecule has 214 valence electrons. The molecule has 0 N–H and O–H groups in total. The fourth-order valence-corrected chi connectivity index (χ4v) is 6.37. The van der Waals surface area contributed by atoms with E-state index in [4.69, 9.17) is 0 Å². The smallest absolute Gasteiger partial charge is 0.494 e. The van der Waals surface area contributed by atoms with Crippen LogP contribution in [0.1, 0.15) is 11.1 Å². The van der Waals surface area contributed by atoms with Crippen molar-refractivity contribution < 1.29 is 21.1 Å². The summed E-state index contributed by atoms with van der Waals surface area (Å²) in [5, 5.41) is 0. The molecule has 0 amide bonds. The predicted molar refractivity (Wildman–Crippen MR) is 175 cm³/mol. The maximum Gasteiger partial charge on any atom is 4.00 e. The summed E-state index contributed by atoms with van der Waals surface area (Å²) in [5.41, 5.74) is 7.83. The van der Waals surface area contributed by atoms with Crippen LogP contribution in [0.5, 0.6) is 0 Å². The van der Waals surface area contributed by atoms with Gasteiger partial charge in [0, 0.05) is 22.7 Å². The number of benzene rings is 6. The van der Waals surface area contributed by atoms with Crippen LogP contribution >= 0.6 is 0 Å². The Bertz CT molecular complexity index is 1710. The molecule has 0 saturated carbocycles. The minimum absolute atomic E-state index is 0. The molecule has 2 heterocycles. The molecule has 0 saturated heterocycles. The van der Waals surface area contributed by atoms with Gasteiger partial charge in [-0.1, -0.05) is 84.9 Å². The Kier molecular flexibility index (Phi) is 7.45. The first-order chi connectivity index (χ1) is 21.4. The maximum absolute atomic E-state index is 3.45. The van der Waals surface area contributed by atoms with E-state index < -0.39 is 5.66 Å². The van der Waals surface area contributed by atoms with Gasteiger partial charge in [-0.15, -0.1) is 24.7 Å². The molecule has 0 radical (unpaired) electrons. The number of rotatable bonds is 6. The van der Waals surface area contributed by atoms with Gasteiger partial charge in [-0.3, -0.25) is 0 Å². The van der Waals surface area contributed by atoms with E-state index >= 15 is 0 Å². The average Bonchev–Trinajstić information content (AvgIpc) is 3.68. The molecule has 0 unspecified atom stereocenters. The summed E-state index contributed by atoms with van der Waals surface area (Å²) < 4.78 is 0. The molecular formula is C39H28N4Pt. The summed E-state index contributed by atoms with van der Waals surface area (Å²) >= 11 is 0. The van der Waals surface area contributed by atoms with Gasteiger partial charge < -0.3 is 19.6 Å². The third-order valence-corrected chi connectivity index (χ3v) is 8.22.